The summed E-state index contributed by atoms with van der Waals surface area (Å²) in [5.41, 5.74) is 1.80. The van der Waals surface area contributed by atoms with Crippen molar-refractivity contribution in [2.24, 2.45) is 0 Å². The normalized spacial score (nSPS) is 16.3. The number of aryl methyl sites for hydroxylation is 1. The molecule has 0 N–H and O–H groups in total. The maximum atomic E-state index is 13.4. The molecule has 26 heavy (non-hydrogen) atoms. The zero-order chi connectivity index (χ0) is 18.6. The number of sulfonamides is 1. The number of anilines is 1. The minimum absolute atomic E-state index is 0.0388. The fourth-order valence-electron chi connectivity index (χ4n) is 3.54. The van der Waals surface area contributed by atoms with Crippen LogP contribution in [0.2, 0.25) is 0 Å². The third-order valence-corrected chi connectivity index (χ3v) is 6.73. The first-order valence-corrected chi connectivity index (χ1v) is 10.5. The van der Waals surface area contributed by atoms with Gasteiger partial charge in [-0.2, -0.15) is 0 Å². The van der Waals surface area contributed by atoms with Crippen molar-refractivity contribution in [1.82, 2.24) is 4.90 Å². The first kappa shape index (κ1) is 18.7. The Kier molecular flexibility index (Phi) is 5.79. The van der Waals surface area contributed by atoms with Gasteiger partial charge >= 0.3 is 0 Å². The predicted octanol–water partition coefficient (Wildman–Crippen LogP) is 3.84. The lowest BCUT2D eigenvalue weighted by Crippen LogP contribution is -2.47. The monoisotopic (exact) mass is 370 g/mol. The first-order valence-electron chi connectivity index (χ1n) is 9.02. The number of benzene rings is 2. The van der Waals surface area contributed by atoms with E-state index in [9.17, 15) is 8.42 Å². The average Bonchev–Trinajstić information content (AvgIpc) is 2.64. The Labute approximate surface area is 156 Å². The van der Waals surface area contributed by atoms with E-state index in [2.05, 4.69) is 11.5 Å². The highest BCUT2D eigenvalue weighted by molar-refractivity contribution is 7.92. The lowest BCUT2D eigenvalue weighted by atomic mass is 10.0. The van der Waals surface area contributed by atoms with Gasteiger partial charge in [-0.1, -0.05) is 36.4 Å². The van der Waals surface area contributed by atoms with Crippen LogP contribution in [0.1, 0.15) is 18.4 Å². The molecule has 0 bridgehead atoms. The van der Waals surface area contributed by atoms with Crippen LogP contribution in [0.25, 0.3) is 0 Å². The van der Waals surface area contributed by atoms with Crippen LogP contribution in [-0.2, 0) is 10.0 Å². The highest BCUT2D eigenvalue weighted by Gasteiger charge is 2.33. The van der Waals surface area contributed by atoms with Gasteiger partial charge in [0.15, 0.2) is 0 Å². The van der Waals surface area contributed by atoms with Gasteiger partial charge in [0, 0.05) is 25.7 Å². The predicted molar refractivity (Wildman–Crippen MR) is 107 cm³/mol. The van der Waals surface area contributed by atoms with Crippen LogP contribution >= 0.6 is 0 Å². The lowest BCUT2D eigenvalue weighted by Gasteiger charge is -2.38. The molecule has 1 saturated heterocycles. The second-order valence-corrected chi connectivity index (χ2v) is 8.59. The number of nitrogens with zero attached hydrogens (tertiary/aromatic N) is 2. The molecule has 1 heterocycles. The van der Waals surface area contributed by atoms with Crippen molar-refractivity contribution in [2.45, 2.75) is 30.7 Å². The molecular formula is C21H26N2O2S. The topological polar surface area (TPSA) is 40.6 Å². The number of likely N-dealkylation sites (tertiary alicyclic amines) is 1. The quantitative estimate of drug-likeness (QED) is 0.726. The van der Waals surface area contributed by atoms with E-state index in [0.717, 1.165) is 43.7 Å². The van der Waals surface area contributed by atoms with Crippen LogP contribution in [0, 0.1) is 6.92 Å². The van der Waals surface area contributed by atoms with E-state index < -0.39 is 10.0 Å². The van der Waals surface area contributed by atoms with E-state index in [1.807, 2.05) is 43.3 Å². The summed E-state index contributed by atoms with van der Waals surface area (Å²) >= 11 is 0. The molecule has 3 rings (SSSR count). The van der Waals surface area contributed by atoms with Crippen molar-refractivity contribution in [1.29, 1.82) is 0 Å². The van der Waals surface area contributed by atoms with Gasteiger partial charge in [0.2, 0.25) is 0 Å². The number of rotatable bonds is 6. The van der Waals surface area contributed by atoms with E-state index in [0.29, 0.717) is 4.90 Å². The molecule has 0 radical (unpaired) electrons. The van der Waals surface area contributed by atoms with Crippen molar-refractivity contribution in [3.05, 3.63) is 72.8 Å². The molecule has 2 aromatic carbocycles. The molecule has 1 aliphatic heterocycles. The molecule has 0 spiro atoms. The number of hydrogen-bond donors (Lipinski definition) is 0. The van der Waals surface area contributed by atoms with Gasteiger partial charge in [0.1, 0.15) is 0 Å². The van der Waals surface area contributed by atoms with Crippen LogP contribution in [0.4, 0.5) is 5.69 Å². The van der Waals surface area contributed by atoms with Crippen molar-refractivity contribution in [2.75, 3.05) is 23.9 Å². The van der Waals surface area contributed by atoms with Gasteiger partial charge < -0.3 is 0 Å². The summed E-state index contributed by atoms with van der Waals surface area (Å²) in [5, 5.41) is 0. The van der Waals surface area contributed by atoms with E-state index in [-0.39, 0.29) is 6.04 Å². The van der Waals surface area contributed by atoms with Crippen molar-refractivity contribution < 1.29 is 8.42 Å². The smallest absolute Gasteiger partial charge is 0.264 e. The minimum atomic E-state index is -3.61. The van der Waals surface area contributed by atoms with E-state index in [4.69, 9.17) is 0 Å². The summed E-state index contributed by atoms with van der Waals surface area (Å²) in [7, 11) is -3.61. The van der Waals surface area contributed by atoms with Crippen LogP contribution in [0.3, 0.4) is 0 Å². The summed E-state index contributed by atoms with van der Waals surface area (Å²) in [6, 6.07) is 16.4. The van der Waals surface area contributed by atoms with E-state index >= 15 is 0 Å². The molecule has 5 heteroatoms. The average molecular weight is 371 g/mol. The largest absolute Gasteiger partial charge is 0.300 e. The second kappa shape index (κ2) is 8.06. The standard InChI is InChI=1S/C21H26N2O2S/c1-3-14-22-15-12-19(13-16-22)23(20-9-7-8-18(2)17-20)26(24,25)21-10-5-4-6-11-21/h3-11,17,19H,1,12-16H2,2H3. The molecule has 0 atom stereocenters. The van der Waals surface area contributed by atoms with Crippen molar-refractivity contribution >= 4 is 15.7 Å². The zero-order valence-electron chi connectivity index (χ0n) is 15.2. The highest BCUT2D eigenvalue weighted by atomic mass is 32.2. The van der Waals surface area contributed by atoms with Gasteiger partial charge in [-0.05, 0) is 49.6 Å². The molecule has 0 aliphatic carbocycles. The second-order valence-electron chi connectivity index (χ2n) is 6.77. The number of hydrogen-bond acceptors (Lipinski definition) is 3. The van der Waals surface area contributed by atoms with Gasteiger partial charge in [0.25, 0.3) is 10.0 Å². The van der Waals surface area contributed by atoms with Crippen molar-refractivity contribution in [3.8, 4) is 0 Å². The Morgan fingerprint density at radius 1 is 1.12 bits per heavy atom. The van der Waals surface area contributed by atoms with E-state index in [1.54, 1.807) is 28.6 Å². The Morgan fingerprint density at radius 2 is 1.81 bits per heavy atom. The maximum absolute atomic E-state index is 13.4. The Hall–Kier alpha value is -2.11. The van der Waals surface area contributed by atoms with Crippen LogP contribution in [0.5, 0.6) is 0 Å². The van der Waals surface area contributed by atoms with Crippen molar-refractivity contribution in [3.63, 3.8) is 0 Å². The Morgan fingerprint density at radius 3 is 2.42 bits per heavy atom. The molecule has 0 aromatic heterocycles. The fraction of sp³-hybridized carbons (Fsp3) is 0.333. The van der Waals surface area contributed by atoms with Gasteiger partial charge in [-0.3, -0.25) is 9.21 Å². The molecule has 0 saturated carbocycles. The third-order valence-electron chi connectivity index (χ3n) is 4.83. The summed E-state index contributed by atoms with van der Waals surface area (Å²) in [5.74, 6) is 0. The van der Waals surface area contributed by atoms with Gasteiger partial charge in [-0.15, -0.1) is 6.58 Å². The SMILES string of the molecule is C=CCN1CCC(N(c2cccc(C)c2)S(=O)(=O)c2ccccc2)CC1. The molecule has 0 amide bonds. The summed E-state index contributed by atoms with van der Waals surface area (Å²) in [4.78, 5) is 2.66. The fourth-order valence-corrected chi connectivity index (χ4v) is 5.26. The molecule has 0 unspecified atom stereocenters. The minimum Gasteiger partial charge on any atom is -0.300 e. The summed E-state index contributed by atoms with van der Waals surface area (Å²) in [6.45, 7) is 8.39. The van der Waals surface area contributed by atoms with Crippen LogP contribution < -0.4 is 4.31 Å². The lowest BCUT2D eigenvalue weighted by molar-refractivity contribution is 0.234. The number of piperidine rings is 1. The zero-order valence-corrected chi connectivity index (χ0v) is 16.0. The Balaban J connectivity index is 1.97. The maximum Gasteiger partial charge on any atom is 0.264 e. The molecule has 1 fully saturated rings. The molecule has 2 aromatic rings. The third kappa shape index (κ3) is 4.00. The molecule has 138 valence electrons. The van der Waals surface area contributed by atoms with Crippen LogP contribution in [-0.4, -0.2) is 39.0 Å². The van der Waals surface area contributed by atoms with E-state index in [1.165, 1.54) is 0 Å². The summed E-state index contributed by atoms with van der Waals surface area (Å²) < 4.78 is 28.5. The van der Waals surface area contributed by atoms with Gasteiger partial charge in [0.05, 0.1) is 10.6 Å². The molecular weight excluding hydrogens is 344 g/mol. The van der Waals surface area contributed by atoms with Crippen LogP contribution in [0.15, 0.2) is 72.1 Å². The highest BCUT2D eigenvalue weighted by Crippen LogP contribution is 2.30. The summed E-state index contributed by atoms with van der Waals surface area (Å²) in [6.07, 6.45) is 3.53. The molecule has 4 nitrogen and oxygen atoms in total. The first-order chi connectivity index (χ1) is 12.5. The van der Waals surface area contributed by atoms with Gasteiger partial charge in [-0.25, -0.2) is 8.42 Å². The molecule has 1 aliphatic rings. The Bertz CT molecular complexity index is 841.